The van der Waals surface area contributed by atoms with Crippen molar-refractivity contribution in [1.82, 2.24) is 0 Å². The van der Waals surface area contributed by atoms with Crippen LogP contribution in [0.15, 0.2) is 18.2 Å². The molecule has 6 heteroatoms. The van der Waals surface area contributed by atoms with Crippen molar-refractivity contribution in [3.05, 3.63) is 33.3 Å². The number of piperazine rings is 1. The molecule has 0 amide bonds. The Morgan fingerprint density at radius 2 is 2.06 bits per heavy atom. The molecule has 1 N–H and O–H groups in total. The number of hydrogen-bond donors (Lipinski definition) is 1. The zero-order chi connectivity index (χ0) is 12.4. The molecular formula is C11H15ClN3O2+. The molecule has 1 saturated heterocycles. The number of rotatable bonds is 2. The highest BCUT2D eigenvalue weighted by molar-refractivity contribution is 6.33. The van der Waals surface area contributed by atoms with Gasteiger partial charge in [0.15, 0.2) is 0 Å². The van der Waals surface area contributed by atoms with Gasteiger partial charge in [0.05, 0.1) is 48.9 Å². The van der Waals surface area contributed by atoms with Gasteiger partial charge in [-0.15, -0.1) is 0 Å². The summed E-state index contributed by atoms with van der Waals surface area (Å²) in [5.74, 6) is 0. The Balaban J connectivity index is 2.25. The summed E-state index contributed by atoms with van der Waals surface area (Å²) in [6.07, 6.45) is 0. The summed E-state index contributed by atoms with van der Waals surface area (Å²) in [5, 5.41) is 11.3. The highest BCUT2D eigenvalue weighted by atomic mass is 35.5. The van der Waals surface area contributed by atoms with Gasteiger partial charge < -0.3 is 9.80 Å². The van der Waals surface area contributed by atoms with Gasteiger partial charge >= 0.3 is 0 Å². The Morgan fingerprint density at radius 3 is 2.65 bits per heavy atom. The molecular weight excluding hydrogens is 242 g/mol. The number of nitrogens with one attached hydrogen (secondary N) is 1. The van der Waals surface area contributed by atoms with E-state index in [-0.39, 0.29) is 10.6 Å². The van der Waals surface area contributed by atoms with Gasteiger partial charge in [-0.25, -0.2) is 0 Å². The van der Waals surface area contributed by atoms with Crippen molar-refractivity contribution >= 4 is 23.0 Å². The minimum atomic E-state index is -0.388. The highest BCUT2D eigenvalue weighted by Gasteiger charge is 2.20. The summed E-state index contributed by atoms with van der Waals surface area (Å²) in [6, 6.07) is 4.59. The quantitative estimate of drug-likeness (QED) is 0.622. The van der Waals surface area contributed by atoms with Gasteiger partial charge in [-0.3, -0.25) is 10.1 Å². The summed E-state index contributed by atoms with van der Waals surface area (Å²) in [6.45, 7) is 3.82. The monoisotopic (exact) mass is 256 g/mol. The maximum absolute atomic E-state index is 10.7. The van der Waals surface area contributed by atoms with Gasteiger partial charge in [-0.05, 0) is 6.07 Å². The summed E-state index contributed by atoms with van der Waals surface area (Å²) < 4.78 is 0. The molecule has 2 rings (SSSR count). The van der Waals surface area contributed by atoms with Crippen LogP contribution in [-0.4, -0.2) is 38.2 Å². The Kier molecular flexibility index (Phi) is 3.49. The first-order valence-corrected chi connectivity index (χ1v) is 5.96. The predicted molar refractivity (Wildman–Crippen MR) is 66.9 cm³/mol. The lowest BCUT2D eigenvalue weighted by Crippen LogP contribution is -3.12. The number of anilines is 1. The molecule has 0 bridgehead atoms. The third-order valence-corrected chi connectivity index (χ3v) is 3.42. The van der Waals surface area contributed by atoms with Gasteiger partial charge in [-0.1, -0.05) is 11.6 Å². The average Bonchev–Trinajstić information content (AvgIpc) is 2.31. The zero-order valence-corrected chi connectivity index (χ0v) is 10.4. The summed E-state index contributed by atoms with van der Waals surface area (Å²) in [5.41, 5.74) is 0.865. The number of benzene rings is 1. The van der Waals surface area contributed by atoms with Crippen LogP contribution < -0.4 is 9.80 Å². The maximum atomic E-state index is 10.7. The lowest BCUT2D eigenvalue weighted by atomic mass is 10.2. The molecule has 0 aliphatic carbocycles. The molecule has 0 unspecified atom stereocenters. The molecule has 0 spiro atoms. The third-order valence-electron chi connectivity index (χ3n) is 3.10. The lowest BCUT2D eigenvalue weighted by molar-refractivity contribution is -0.880. The van der Waals surface area contributed by atoms with Crippen LogP contribution in [0.1, 0.15) is 0 Å². The molecule has 0 saturated carbocycles. The zero-order valence-electron chi connectivity index (χ0n) is 9.65. The molecule has 1 fully saturated rings. The van der Waals surface area contributed by atoms with Crippen LogP contribution >= 0.6 is 11.6 Å². The number of nitro benzene ring substituents is 1. The van der Waals surface area contributed by atoms with E-state index in [0.717, 1.165) is 31.9 Å². The highest BCUT2D eigenvalue weighted by Crippen LogP contribution is 2.29. The maximum Gasteiger partial charge on any atom is 0.271 e. The van der Waals surface area contributed by atoms with Gasteiger partial charge in [0, 0.05) is 12.1 Å². The Hall–Kier alpha value is -1.33. The summed E-state index contributed by atoms with van der Waals surface area (Å²) >= 11 is 6.10. The molecule has 1 heterocycles. The normalized spacial score (nSPS) is 17.2. The third kappa shape index (κ3) is 2.68. The summed E-state index contributed by atoms with van der Waals surface area (Å²) in [4.78, 5) is 13.9. The number of halogens is 1. The van der Waals surface area contributed by atoms with E-state index in [0.29, 0.717) is 5.02 Å². The second-order valence-corrected chi connectivity index (χ2v) is 4.74. The van der Waals surface area contributed by atoms with E-state index in [4.69, 9.17) is 11.6 Å². The fourth-order valence-corrected chi connectivity index (χ4v) is 2.22. The minimum absolute atomic E-state index is 0.0932. The van der Waals surface area contributed by atoms with Gasteiger partial charge in [0.25, 0.3) is 5.69 Å². The smallest absolute Gasteiger partial charge is 0.271 e. The average molecular weight is 257 g/mol. The molecule has 0 atom stereocenters. The van der Waals surface area contributed by atoms with Crippen LogP contribution in [0.2, 0.25) is 5.02 Å². The predicted octanol–water partition coefficient (Wildman–Crippen LogP) is 0.583. The number of likely N-dealkylation sites (N-methyl/N-ethyl adjacent to an activating group) is 1. The second-order valence-electron chi connectivity index (χ2n) is 4.34. The molecule has 5 nitrogen and oxygen atoms in total. The van der Waals surface area contributed by atoms with Crippen molar-refractivity contribution in [3.8, 4) is 0 Å². The standard InChI is InChI=1S/C11H14ClN3O2/c1-13-4-6-14(7-5-13)11-8-9(15(16)17)2-3-10(11)12/h2-3,8H,4-7H2,1H3/p+1. The van der Waals surface area contributed by atoms with Crippen LogP contribution in [0.25, 0.3) is 0 Å². The number of quaternary nitrogens is 1. The van der Waals surface area contributed by atoms with E-state index in [1.54, 1.807) is 12.1 Å². The number of non-ortho nitro benzene ring substituents is 1. The number of nitrogens with zero attached hydrogens (tertiary/aromatic N) is 2. The van der Waals surface area contributed by atoms with E-state index in [1.165, 1.54) is 11.0 Å². The van der Waals surface area contributed by atoms with Crippen molar-refractivity contribution in [1.29, 1.82) is 0 Å². The van der Waals surface area contributed by atoms with Crippen LogP contribution in [0.4, 0.5) is 11.4 Å². The number of hydrogen-bond acceptors (Lipinski definition) is 3. The van der Waals surface area contributed by atoms with Crippen LogP contribution in [-0.2, 0) is 0 Å². The molecule has 0 aromatic heterocycles. The molecule has 0 radical (unpaired) electrons. The SMILES string of the molecule is C[NH+]1CCN(c2cc([N+](=O)[O-])ccc2Cl)CC1. The van der Waals surface area contributed by atoms with Crippen molar-refractivity contribution in [2.24, 2.45) is 0 Å². The molecule has 1 aliphatic heterocycles. The molecule has 1 aromatic carbocycles. The first-order chi connectivity index (χ1) is 8.08. The van der Waals surface area contributed by atoms with Crippen molar-refractivity contribution in [2.75, 3.05) is 38.1 Å². The fourth-order valence-electron chi connectivity index (χ4n) is 1.99. The first-order valence-electron chi connectivity index (χ1n) is 5.58. The number of nitro groups is 1. The fraction of sp³-hybridized carbons (Fsp3) is 0.455. The topological polar surface area (TPSA) is 50.8 Å². The Labute approximate surface area is 105 Å². The Morgan fingerprint density at radius 1 is 1.41 bits per heavy atom. The first kappa shape index (κ1) is 12.1. The van der Waals surface area contributed by atoms with Crippen molar-refractivity contribution in [2.45, 2.75) is 0 Å². The Bertz CT molecular complexity index is 431. The summed E-state index contributed by atoms with van der Waals surface area (Å²) in [7, 11) is 2.15. The minimum Gasteiger partial charge on any atom is -0.359 e. The van der Waals surface area contributed by atoms with E-state index in [1.807, 2.05) is 0 Å². The van der Waals surface area contributed by atoms with Crippen LogP contribution in [0.5, 0.6) is 0 Å². The largest absolute Gasteiger partial charge is 0.359 e. The molecule has 1 aromatic rings. The van der Waals surface area contributed by atoms with Crippen molar-refractivity contribution in [3.63, 3.8) is 0 Å². The van der Waals surface area contributed by atoms with E-state index >= 15 is 0 Å². The van der Waals surface area contributed by atoms with E-state index in [2.05, 4.69) is 11.9 Å². The van der Waals surface area contributed by atoms with Crippen LogP contribution in [0.3, 0.4) is 0 Å². The van der Waals surface area contributed by atoms with Crippen molar-refractivity contribution < 1.29 is 9.82 Å². The molecule has 92 valence electrons. The molecule has 17 heavy (non-hydrogen) atoms. The van der Waals surface area contributed by atoms with Gasteiger partial charge in [0.2, 0.25) is 0 Å². The van der Waals surface area contributed by atoms with Gasteiger partial charge in [0.1, 0.15) is 0 Å². The van der Waals surface area contributed by atoms with Crippen LogP contribution in [0, 0.1) is 10.1 Å². The lowest BCUT2D eigenvalue weighted by Gasteiger charge is -2.32. The van der Waals surface area contributed by atoms with E-state index < -0.39 is 0 Å². The van der Waals surface area contributed by atoms with Gasteiger partial charge in [-0.2, -0.15) is 0 Å². The second kappa shape index (κ2) is 4.89. The molecule has 1 aliphatic rings. The van der Waals surface area contributed by atoms with E-state index in [9.17, 15) is 10.1 Å².